The number of rotatable bonds is 5. The molecule has 7 heteroatoms. The minimum atomic E-state index is 0.264. The molecule has 156 valence electrons. The number of nitrogens with zero attached hydrogens (tertiary/aromatic N) is 5. The molecule has 0 aliphatic carbocycles. The average Bonchev–Trinajstić information content (AvgIpc) is 3.33. The molecule has 0 spiro atoms. The molecule has 1 aliphatic rings. The van der Waals surface area contributed by atoms with Crippen molar-refractivity contribution in [3.05, 3.63) is 66.7 Å². The molecule has 0 radical (unpaired) electrons. The molecule has 7 nitrogen and oxygen atoms in total. The van der Waals surface area contributed by atoms with Gasteiger partial charge in [-0.25, -0.2) is 4.98 Å². The number of pyridine rings is 2. The van der Waals surface area contributed by atoms with Gasteiger partial charge in [0.1, 0.15) is 5.82 Å². The summed E-state index contributed by atoms with van der Waals surface area (Å²) in [5, 5.41) is 9.37. The molecule has 5 rings (SSSR count). The number of hydrogen-bond acceptors (Lipinski definition) is 7. The van der Waals surface area contributed by atoms with Crippen LogP contribution in [0.2, 0.25) is 0 Å². The van der Waals surface area contributed by atoms with Crippen molar-refractivity contribution in [2.45, 2.75) is 18.9 Å². The Hall–Kier alpha value is -3.74. The summed E-state index contributed by atoms with van der Waals surface area (Å²) in [6.45, 7) is 0.977. The Bertz CT molecular complexity index is 1200. The van der Waals surface area contributed by atoms with Crippen LogP contribution < -0.4 is 14.4 Å². The molecule has 4 heterocycles. The van der Waals surface area contributed by atoms with E-state index in [0.717, 1.165) is 52.9 Å². The molecule has 0 amide bonds. The van der Waals surface area contributed by atoms with E-state index in [2.05, 4.69) is 38.3 Å². The summed E-state index contributed by atoms with van der Waals surface area (Å²) in [5.74, 6) is 2.25. The van der Waals surface area contributed by atoms with Crippen LogP contribution in [0.3, 0.4) is 0 Å². The third-order valence-corrected chi connectivity index (χ3v) is 5.78. The third-order valence-electron chi connectivity index (χ3n) is 5.78. The van der Waals surface area contributed by atoms with Gasteiger partial charge in [-0.2, -0.15) is 10.2 Å². The highest BCUT2D eigenvalue weighted by Gasteiger charge is 2.28. The number of fused-ring (bicyclic) bond motifs is 1. The van der Waals surface area contributed by atoms with E-state index < -0.39 is 0 Å². The van der Waals surface area contributed by atoms with Crippen LogP contribution in [0.15, 0.2) is 61.1 Å². The first-order chi connectivity index (χ1) is 15.3. The lowest BCUT2D eigenvalue weighted by molar-refractivity contribution is 0.356. The Labute approximate surface area is 180 Å². The van der Waals surface area contributed by atoms with Gasteiger partial charge in [0, 0.05) is 41.5 Å². The second-order valence-electron chi connectivity index (χ2n) is 7.49. The first-order valence-corrected chi connectivity index (χ1v) is 10.3. The second-order valence-corrected chi connectivity index (χ2v) is 7.49. The van der Waals surface area contributed by atoms with Crippen LogP contribution in [-0.4, -0.2) is 40.9 Å². The van der Waals surface area contributed by atoms with Crippen molar-refractivity contribution in [3.8, 4) is 22.6 Å². The lowest BCUT2D eigenvalue weighted by Gasteiger charge is -2.25. The summed E-state index contributed by atoms with van der Waals surface area (Å²) in [6, 6.07) is 14.3. The SMILES string of the molecule is COc1cc2nncc(-c3ccc(N4CCC[C@H]4c4ccccn4)nc3)c2cc1OC. The van der Waals surface area contributed by atoms with Gasteiger partial charge in [0.2, 0.25) is 0 Å². The van der Waals surface area contributed by atoms with Gasteiger partial charge in [0.15, 0.2) is 11.5 Å². The van der Waals surface area contributed by atoms with Crippen molar-refractivity contribution in [2.24, 2.45) is 0 Å². The molecule has 0 N–H and O–H groups in total. The number of aromatic nitrogens is 4. The minimum absolute atomic E-state index is 0.264. The molecule has 1 aromatic carbocycles. The quantitative estimate of drug-likeness (QED) is 0.479. The first-order valence-electron chi connectivity index (χ1n) is 10.3. The van der Waals surface area contributed by atoms with E-state index in [1.807, 2.05) is 36.7 Å². The molecular weight excluding hydrogens is 390 g/mol. The number of methoxy groups -OCH3 is 2. The maximum Gasteiger partial charge on any atom is 0.162 e. The smallest absolute Gasteiger partial charge is 0.162 e. The Morgan fingerprint density at radius 2 is 1.84 bits per heavy atom. The lowest BCUT2D eigenvalue weighted by atomic mass is 10.0. The van der Waals surface area contributed by atoms with Gasteiger partial charge in [0.05, 0.1) is 37.7 Å². The third kappa shape index (κ3) is 3.52. The molecule has 0 saturated carbocycles. The van der Waals surface area contributed by atoms with Crippen LogP contribution in [0.25, 0.3) is 22.0 Å². The van der Waals surface area contributed by atoms with Crippen LogP contribution >= 0.6 is 0 Å². The van der Waals surface area contributed by atoms with Gasteiger partial charge in [-0.3, -0.25) is 4.98 Å². The van der Waals surface area contributed by atoms with Crippen LogP contribution in [0.5, 0.6) is 11.5 Å². The minimum Gasteiger partial charge on any atom is -0.493 e. The summed E-state index contributed by atoms with van der Waals surface area (Å²) in [7, 11) is 3.24. The maximum absolute atomic E-state index is 5.47. The molecule has 0 unspecified atom stereocenters. The molecule has 0 bridgehead atoms. The fourth-order valence-electron chi connectivity index (χ4n) is 4.25. The summed E-state index contributed by atoms with van der Waals surface area (Å²) >= 11 is 0. The molecule has 1 saturated heterocycles. The van der Waals surface area contributed by atoms with Crippen LogP contribution in [0, 0.1) is 0 Å². The standard InChI is InChI=1S/C24H23N5O2/c1-30-22-12-17-18(15-27-28-20(17)13-23(22)31-2)16-8-9-24(26-14-16)29-11-5-7-21(29)19-6-3-4-10-25-19/h3-4,6,8-10,12-15,21H,5,7,11H2,1-2H3/t21-/m0/s1. The van der Waals surface area contributed by atoms with E-state index in [4.69, 9.17) is 14.5 Å². The Morgan fingerprint density at radius 3 is 2.58 bits per heavy atom. The van der Waals surface area contributed by atoms with Gasteiger partial charge in [-0.05, 0) is 43.2 Å². The number of ether oxygens (including phenoxy) is 2. The van der Waals surface area contributed by atoms with Gasteiger partial charge < -0.3 is 14.4 Å². The second kappa shape index (κ2) is 8.18. The van der Waals surface area contributed by atoms with E-state index in [9.17, 15) is 0 Å². The number of benzene rings is 1. The molecular formula is C24H23N5O2. The van der Waals surface area contributed by atoms with Crippen molar-refractivity contribution in [1.29, 1.82) is 0 Å². The summed E-state index contributed by atoms with van der Waals surface area (Å²) in [6.07, 6.45) is 7.73. The first kappa shape index (κ1) is 19.2. The van der Waals surface area contributed by atoms with E-state index in [1.165, 1.54) is 0 Å². The van der Waals surface area contributed by atoms with Gasteiger partial charge in [-0.15, -0.1) is 0 Å². The Kier molecular flexibility index (Phi) is 5.08. The zero-order chi connectivity index (χ0) is 21.2. The fourth-order valence-corrected chi connectivity index (χ4v) is 4.25. The predicted molar refractivity (Wildman–Crippen MR) is 119 cm³/mol. The van der Waals surface area contributed by atoms with Gasteiger partial charge in [0.25, 0.3) is 0 Å². The highest BCUT2D eigenvalue weighted by molar-refractivity contribution is 5.95. The van der Waals surface area contributed by atoms with Crippen LogP contribution in [0.4, 0.5) is 5.82 Å². The molecule has 1 fully saturated rings. The van der Waals surface area contributed by atoms with Gasteiger partial charge in [-0.1, -0.05) is 6.07 Å². The molecule has 4 aromatic rings. The van der Waals surface area contributed by atoms with E-state index in [-0.39, 0.29) is 6.04 Å². The van der Waals surface area contributed by atoms with Crippen molar-refractivity contribution in [3.63, 3.8) is 0 Å². The average molecular weight is 413 g/mol. The van der Waals surface area contributed by atoms with E-state index in [0.29, 0.717) is 11.5 Å². The molecule has 31 heavy (non-hydrogen) atoms. The topological polar surface area (TPSA) is 73.3 Å². The van der Waals surface area contributed by atoms with E-state index >= 15 is 0 Å². The van der Waals surface area contributed by atoms with E-state index in [1.54, 1.807) is 20.4 Å². The van der Waals surface area contributed by atoms with Crippen molar-refractivity contribution >= 4 is 16.7 Å². The zero-order valence-corrected chi connectivity index (χ0v) is 17.5. The van der Waals surface area contributed by atoms with Crippen molar-refractivity contribution < 1.29 is 9.47 Å². The zero-order valence-electron chi connectivity index (χ0n) is 17.5. The van der Waals surface area contributed by atoms with Crippen LogP contribution in [0.1, 0.15) is 24.6 Å². The summed E-state index contributed by atoms with van der Waals surface area (Å²) in [5.41, 5.74) is 3.77. The van der Waals surface area contributed by atoms with Crippen LogP contribution in [-0.2, 0) is 0 Å². The van der Waals surface area contributed by atoms with Gasteiger partial charge >= 0.3 is 0 Å². The molecule has 1 aliphatic heterocycles. The lowest BCUT2D eigenvalue weighted by Crippen LogP contribution is -2.24. The van der Waals surface area contributed by atoms with Crippen molar-refractivity contribution in [1.82, 2.24) is 20.2 Å². The maximum atomic E-state index is 5.47. The Balaban J connectivity index is 1.50. The molecule has 3 aromatic heterocycles. The summed E-state index contributed by atoms with van der Waals surface area (Å²) < 4.78 is 10.9. The number of anilines is 1. The summed E-state index contributed by atoms with van der Waals surface area (Å²) in [4.78, 5) is 11.7. The highest BCUT2D eigenvalue weighted by atomic mass is 16.5. The predicted octanol–water partition coefficient (Wildman–Crippen LogP) is 4.45. The number of hydrogen-bond donors (Lipinski definition) is 0. The van der Waals surface area contributed by atoms with Crippen molar-refractivity contribution in [2.75, 3.05) is 25.7 Å². The highest BCUT2D eigenvalue weighted by Crippen LogP contribution is 2.37. The molecule has 1 atom stereocenters. The Morgan fingerprint density at radius 1 is 0.968 bits per heavy atom. The fraction of sp³-hybridized carbons (Fsp3) is 0.250. The monoisotopic (exact) mass is 413 g/mol. The normalized spacial score (nSPS) is 15.9. The largest absolute Gasteiger partial charge is 0.493 e.